The zero-order valence-corrected chi connectivity index (χ0v) is 20.8. The highest BCUT2D eigenvalue weighted by Gasteiger charge is 2.39. The number of aliphatic imine (C=N–C) groups is 1. The average molecular weight is 521 g/mol. The number of carboxylic acid groups (broad SMARTS) is 1. The quantitative estimate of drug-likeness (QED) is 0.162. The number of aliphatic hydroxyl groups excluding tert-OH is 3. The molecule has 1 aliphatic rings. The number of ether oxygens (including phenoxy) is 4. The molecule has 1 atom stereocenters. The first kappa shape index (κ1) is 31.1. The summed E-state index contributed by atoms with van der Waals surface area (Å²) < 4.78 is 21.1. The number of aliphatic hydroxyl groups is 3. The molecule has 0 radical (unpaired) electrons. The summed E-state index contributed by atoms with van der Waals surface area (Å²) in [6.07, 6.45) is 0. The van der Waals surface area contributed by atoms with Crippen LogP contribution in [0.25, 0.3) is 0 Å². The van der Waals surface area contributed by atoms with Crippen LogP contribution in [0.15, 0.2) is 23.2 Å². The van der Waals surface area contributed by atoms with Gasteiger partial charge in [-0.25, -0.2) is 4.79 Å². The van der Waals surface area contributed by atoms with Crippen LogP contribution < -0.4 is 10.5 Å². The number of benzene rings is 1. The van der Waals surface area contributed by atoms with Gasteiger partial charge in [-0.2, -0.15) is 0 Å². The van der Waals surface area contributed by atoms with E-state index in [-0.39, 0.29) is 5.75 Å². The van der Waals surface area contributed by atoms with Gasteiger partial charge in [0.2, 0.25) is 0 Å². The van der Waals surface area contributed by atoms with E-state index in [2.05, 4.69) is 4.99 Å². The summed E-state index contributed by atoms with van der Waals surface area (Å²) in [6, 6.07) is 4.87. The van der Waals surface area contributed by atoms with Crippen LogP contribution in [-0.4, -0.2) is 120 Å². The topological polar surface area (TPSA) is 194 Å². The molecule has 1 aromatic carbocycles. The highest BCUT2D eigenvalue weighted by Crippen LogP contribution is 2.35. The van der Waals surface area contributed by atoms with Gasteiger partial charge < -0.3 is 50.2 Å². The Morgan fingerprint density at radius 3 is 2.11 bits per heavy atom. The first-order valence-corrected chi connectivity index (χ1v) is 11.8. The van der Waals surface area contributed by atoms with Gasteiger partial charge in [0.1, 0.15) is 23.1 Å². The molecular weight excluding hydrogens is 484 g/mol. The van der Waals surface area contributed by atoms with Crippen LogP contribution in [0.2, 0.25) is 0 Å². The van der Waals surface area contributed by atoms with Gasteiger partial charge in [-0.15, -0.1) is 11.8 Å². The Morgan fingerprint density at radius 2 is 1.66 bits per heavy atom. The van der Waals surface area contributed by atoms with E-state index in [0.29, 0.717) is 61.8 Å². The van der Waals surface area contributed by atoms with E-state index >= 15 is 0 Å². The average Bonchev–Trinajstić information content (AvgIpc) is 3.26. The monoisotopic (exact) mass is 520 g/mol. The van der Waals surface area contributed by atoms with Crippen LogP contribution in [0, 0.1) is 0 Å². The maximum absolute atomic E-state index is 11.3. The van der Waals surface area contributed by atoms with Crippen molar-refractivity contribution >= 4 is 22.8 Å². The minimum Gasteiger partial charge on any atom is -0.507 e. The maximum atomic E-state index is 11.3. The normalized spacial score (nSPS) is 17.5. The lowest BCUT2D eigenvalue weighted by atomic mass is 10.1. The minimum absolute atomic E-state index is 0.000787. The van der Waals surface area contributed by atoms with E-state index in [1.165, 1.54) is 17.8 Å². The zero-order valence-electron chi connectivity index (χ0n) is 20.0. The number of hydrogen-bond donors (Lipinski definition) is 6. The van der Waals surface area contributed by atoms with Gasteiger partial charge in [0, 0.05) is 24.5 Å². The SMILES string of the molecule is COCCOCCOCCOc1ccc(C2=N[C@@](C)(C(=O)O)CS2)c(O)c1.NC(CO)(CO)CO. The lowest BCUT2D eigenvalue weighted by Crippen LogP contribution is -2.50. The van der Waals surface area contributed by atoms with Crippen molar-refractivity contribution in [2.45, 2.75) is 18.0 Å². The van der Waals surface area contributed by atoms with Crippen LogP contribution in [0.1, 0.15) is 12.5 Å². The lowest BCUT2D eigenvalue weighted by Gasteiger charge is -2.20. The van der Waals surface area contributed by atoms with Gasteiger partial charge in [0.05, 0.1) is 58.4 Å². The molecule has 0 saturated carbocycles. The van der Waals surface area contributed by atoms with Crippen molar-refractivity contribution in [3.63, 3.8) is 0 Å². The van der Waals surface area contributed by atoms with Crippen LogP contribution in [0.4, 0.5) is 0 Å². The Bertz CT molecular complexity index is 798. The van der Waals surface area contributed by atoms with Gasteiger partial charge in [0.15, 0.2) is 5.54 Å². The molecule has 0 aromatic heterocycles. The first-order valence-electron chi connectivity index (χ1n) is 10.8. The second kappa shape index (κ2) is 15.9. The largest absolute Gasteiger partial charge is 0.507 e. The van der Waals surface area contributed by atoms with Crippen LogP contribution in [0.5, 0.6) is 11.5 Å². The van der Waals surface area contributed by atoms with Crippen LogP contribution >= 0.6 is 11.8 Å². The zero-order chi connectivity index (χ0) is 26.3. The minimum atomic E-state index is -1.21. The second-order valence-electron chi connectivity index (χ2n) is 7.87. The molecule has 0 amide bonds. The third-order valence-electron chi connectivity index (χ3n) is 4.74. The number of nitrogens with zero attached hydrogens (tertiary/aromatic N) is 1. The van der Waals surface area contributed by atoms with Crippen LogP contribution in [0.3, 0.4) is 0 Å². The number of aliphatic carboxylic acids is 1. The van der Waals surface area contributed by atoms with Crippen molar-refractivity contribution in [2.75, 3.05) is 72.3 Å². The Balaban J connectivity index is 0.000000658. The van der Waals surface area contributed by atoms with Crippen molar-refractivity contribution < 1.29 is 49.3 Å². The number of thioether (sulfide) groups is 1. The molecule has 0 saturated heterocycles. The fraction of sp³-hybridized carbons (Fsp3) is 0.636. The summed E-state index contributed by atoms with van der Waals surface area (Å²) in [5, 5.41) is 45.0. The number of aromatic hydroxyl groups is 1. The smallest absolute Gasteiger partial charge is 0.332 e. The number of methoxy groups -OCH3 is 1. The first-order chi connectivity index (χ1) is 16.6. The highest BCUT2D eigenvalue weighted by molar-refractivity contribution is 8.14. The van der Waals surface area contributed by atoms with Crippen molar-refractivity contribution in [3.8, 4) is 11.5 Å². The third kappa shape index (κ3) is 10.7. The summed E-state index contributed by atoms with van der Waals surface area (Å²) >= 11 is 1.31. The Kier molecular flexibility index (Phi) is 14.1. The molecule has 0 spiro atoms. The molecule has 0 fully saturated rings. The van der Waals surface area contributed by atoms with Gasteiger partial charge in [-0.3, -0.25) is 4.99 Å². The third-order valence-corrected chi connectivity index (χ3v) is 6.03. The molecular formula is C22H36N2O10S. The predicted molar refractivity (Wildman–Crippen MR) is 130 cm³/mol. The molecule has 0 bridgehead atoms. The van der Waals surface area contributed by atoms with E-state index in [9.17, 15) is 15.0 Å². The van der Waals surface area contributed by atoms with Crippen molar-refractivity contribution in [2.24, 2.45) is 10.7 Å². The van der Waals surface area contributed by atoms with Gasteiger partial charge in [-0.1, -0.05) is 0 Å². The number of carboxylic acids is 1. The Hall–Kier alpha value is -1.97. The molecule has 1 aliphatic heterocycles. The Labute approximate surface area is 208 Å². The number of phenols is 1. The fourth-order valence-corrected chi connectivity index (χ4v) is 3.56. The molecule has 200 valence electrons. The molecule has 13 heteroatoms. The summed E-state index contributed by atoms with van der Waals surface area (Å²) in [4.78, 5) is 15.5. The van der Waals surface area contributed by atoms with E-state index in [4.69, 9.17) is 40.0 Å². The molecule has 7 N–H and O–H groups in total. The molecule has 2 rings (SSSR count). The summed E-state index contributed by atoms with van der Waals surface area (Å²) in [7, 11) is 1.62. The van der Waals surface area contributed by atoms with Gasteiger partial charge in [0.25, 0.3) is 0 Å². The number of phenolic OH excluding ortho intramolecular Hbond substituents is 1. The molecule has 12 nitrogen and oxygen atoms in total. The number of nitrogens with two attached hydrogens (primary N) is 1. The molecule has 35 heavy (non-hydrogen) atoms. The van der Waals surface area contributed by atoms with Gasteiger partial charge in [-0.05, 0) is 19.1 Å². The van der Waals surface area contributed by atoms with Gasteiger partial charge >= 0.3 is 5.97 Å². The number of carbonyl (C=O) groups is 1. The fourth-order valence-electron chi connectivity index (χ4n) is 2.36. The molecule has 1 heterocycles. The van der Waals surface area contributed by atoms with E-state index in [1.807, 2.05) is 0 Å². The number of hydrogen-bond acceptors (Lipinski definition) is 12. The second-order valence-corrected chi connectivity index (χ2v) is 8.83. The van der Waals surface area contributed by atoms with Crippen molar-refractivity contribution in [1.82, 2.24) is 0 Å². The number of rotatable bonds is 15. The highest BCUT2D eigenvalue weighted by atomic mass is 32.2. The predicted octanol–water partition coefficient (Wildman–Crippen LogP) is -0.552. The maximum Gasteiger partial charge on any atom is 0.332 e. The van der Waals surface area contributed by atoms with E-state index in [1.54, 1.807) is 26.2 Å². The Morgan fingerprint density at radius 1 is 1.09 bits per heavy atom. The molecule has 0 unspecified atom stereocenters. The molecule has 0 aliphatic carbocycles. The van der Waals surface area contributed by atoms with Crippen molar-refractivity contribution in [3.05, 3.63) is 23.8 Å². The van der Waals surface area contributed by atoms with E-state index < -0.39 is 36.9 Å². The summed E-state index contributed by atoms with van der Waals surface area (Å²) in [5.74, 6) is -0.141. The summed E-state index contributed by atoms with van der Waals surface area (Å²) in [5.41, 5.74) is 3.28. The summed E-state index contributed by atoms with van der Waals surface area (Å²) in [6.45, 7) is 3.15. The van der Waals surface area contributed by atoms with E-state index in [0.717, 1.165) is 0 Å². The lowest BCUT2D eigenvalue weighted by molar-refractivity contribution is -0.141. The van der Waals surface area contributed by atoms with Crippen LogP contribution in [-0.2, 0) is 19.0 Å². The van der Waals surface area contributed by atoms with Crippen molar-refractivity contribution in [1.29, 1.82) is 0 Å². The molecule has 1 aromatic rings. The standard InChI is InChI=1S/C18H25NO7S.C4H11NO3/c1-18(17(21)22)12-27-16(19-18)14-4-3-13(11-15(14)20)26-10-9-25-8-7-24-6-5-23-2;5-4(1-6,2-7)3-8/h3-4,11,20H,5-10,12H2,1-2H3,(H,21,22);6-8H,1-3,5H2/t18-;/m1./s1.